The molecule has 0 aliphatic rings. The van der Waals surface area contributed by atoms with E-state index in [0.717, 1.165) is 16.8 Å². The summed E-state index contributed by atoms with van der Waals surface area (Å²) in [7, 11) is 0.662. The van der Waals surface area contributed by atoms with Crippen LogP contribution in [0.5, 0.6) is 11.5 Å². The highest BCUT2D eigenvalue weighted by molar-refractivity contribution is 8.32. The van der Waals surface area contributed by atoms with E-state index in [1.54, 1.807) is 51.4 Å². The number of aromatic nitrogens is 3. The fraction of sp³-hybridized carbons (Fsp3) is 0.481. The molecule has 0 saturated heterocycles. The van der Waals surface area contributed by atoms with E-state index in [9.17, 15) is 9.59 Å². The van der Waals surface area contributed by atoms with Crippen molar-refractivity contribution < 1.29 is 28.5 Å². The van der Waals surface area contributed by atoms with Gasteiger partial charge in [0, 0.05) is 30.3 Å². The normalized spacial score (nSPS) is 13.1. The first-order valence-corrected chi connectivity index (χ1v) is 15.2. The molecule has 0 aliphatic carbocycles. The average Bonchev–Trinajstić information content (AvgIpc) is 3.24. The van der Waals surface area contributed by atoms with Crippen molar-refractivity contribution in [1.29, 1.82) is 0 Å². The van der Waals surface area contributed by atoms with Crippen LogP contribution in [0.1, 0.15) is 26.5 Å². The van der Waals surface area contributed by atoms with Crippen molar-refractivity contribution >= 4 is 33.1 Å². The summed E-state index contributed by atoms with van der Waals surface area (Å²) in [6.07, 6.45) is 11.4. The summed E-state index contributed by atoms with van der Waals surface area (Å²) < 4.78 is 24.0. The van der Waals surface area contributed by atoms with Crippen molar-refractivity contribution in [2.45, 2.75) is 45.6 Å². The molecule has 0 bridgehead atoms. The van der Waals surface area contributed by atoms with E-state index in [4.69, 9.17) is 18.9 Å². The first-order valence-electron chi connectivity index (χ1n) is 12.2. The molecule has 0 unspecified atom stereocenters. The van der Waals surface area contributed by atoms with E-state index in [1.807, 2.05) is 16.8 Å². The molecule has 38 heavy (non-hydrogen) atoms. The topological polar surface area (TPSA) is 114 Å². The third kappa shape index (κ3) is 8.91. The zero-order valence-corrected chi connectivity index (χ0v) is 24.0. The summed E-state index contributed by atoms with van der Waals surface area (Å²) in [5.74, 6) is 1.62. The Morgan fingerprint density at radius 1 is 1.11 bits per heavy atom. The van der Waals surface area contributed by atoms with Gasteiger partial charge in [-0.3, -0.25) is 4.98 Å². The van der Waals surface area contributed by atoms with Crippen molar-refractivity contribution in [3.05, 3.63) is 48.5 Å². The minimum atomic E-state index is -0.944. The lowest BCUT2D eigenvalue weighted by Crippen LogP contribution is -2.45. The zero-order valence-electron chi connectivity index (χ0n) is 23.1. The van der Waals surface area contributed by atoms with Crippen molar-refractivity contribution in [3.8, 4) is 11.5 Å². The van der Waals surface area contributed by atoms with Gasteiger partial charge in [0.25, 0.3) is 0 Å². The predicted octanol–water partition coefficient (Wildman–Crippen LogP) is 4.50. The third-order valence-corrected chi connectivity index (χ3v) is 6.70. The van der Waals surface area contributed by atoms with Crippen LogP contribution in [-0.4, -0.2) is 76.5 Å². The summed E-state index contributed by atoms with van der Waals surface area (Å²) in [5.41, 5.74) is 0.648. The number of amides is 1. The Morgan fingerprint density at radius 3 is 2.50 bits per heavy atom. The molecular formula is C27H38N4O6S. The van der Waals surface area contributed by atoms with Crippen molar-refractivity contribution in [2.75, 3.05) is 38.2 Å². The van der Waals surface area contributed by atoms with Gasteiger partial charge in [0.05, 0.1) is 25.3 Å². The van der Waals surface area contributed by atoms with Crippen LogP contribution in [-0.2, 0) is 32.2 Å². The number of ether oxygens (including phenoxy) is 4. The van der Waals surface area contributed by atoms with E-state index in [0.29, 0.717) is 30.5 Å². The Labute approximate surface area is 225 Å². The average molecular weight is 547 g/mol. The molecule has 1 N–H and O–H groups in total. The number of esters is 1. The smallest absolute Gasteiger partial charge is 0.408 e. The maximum Gasteiger partial charge on any atom is 0.408 e. The van der Waals surface area contributed by atoms with Gasteiger partial charge in [-0.15, -0.1) is 0 Å². The lowest BCUT2D eigenvalue weighted by atomic mass is 10.1. The number of nitrogens with one attached hydrogen (secondary N) is 1. The number of alkyl carbamates (subject to hydrolysis) is 1. The molecule has 0 radical (unpaired) electrons. The first-order chi connectivity index (χ1) is 17.8. The number of pyridine rings is 2. The minimum Gasteiger partial charge on any atom is -0.467 e. The van der Waals surface area contributed by atoms with Crippen LogP contribution in [0.4, 0.5) is 4.79 Å². The van der Waals surface area contributed by atoms with Gasteiger partial charge in [-0.25, -0.2) is 24.6 Å². The van der Waals surface area contributed by atoms with Gasteiger partial charge in [0.15, 0.2) is 0 Å². The summed E-state index contributed by atoms with van der Waals surface area (Å²) in [5, 5.41) is 3.41. The molecule has 0 aliphatic heterocycles. The van der Waals surface area contributed by atoms with Gasteiger partial charge in [-0.1, -0.05) is 0 Å². The van der Waals surface area contributed by atoms with Crippen molar-refractivity contribution in [3.63, 3.8) is 0 Å². The van der Waals surface area contributed by atoms with Crippen LogP contribution < -0.4 is 10.1 Å². The van der Waals surface area contributed by atoms with E-state index in [2.05, 4.69) is 34.1 Å². The third-order valence-electron chi connectivity index (χ3n) is 5.31. The Balaban J connectivity index is 1.65. The number of carbonyl (C=O) groups excluding carboxylic acids is 2. The predicted molar refractivity (Wildman–Crippen MR) is 149 cm³/mol. The standard InChI is InChI=1S/C27H38N4O6S/c1-27(2,3)37-26(33)30-22(25(32)34-4)16-19-8-9-20(17-29-19)36-23-10-12-28-24-21(23)11-13-31(24)18-35-14-15-38(5,6)7/h8-13,17,22H,14-16,18H2,1-7H3,(H,30,33)/t22-/m0/s1. The fourth-order valence-electron chi connectivity index (χ4n) is 3.44. The number of methoxy groups -OCH3 is 1. The summed E-state index contributed by atoms with van der Waals surface area (Å²) in [6.45, 7) is 6.36. The molecule has 10 nitrogen and oxygen atoms in total. The number of rotatable bonds is 11. The van der Waals surface area contributed by atoms with Crippen molar-refractivity contribution in [2.24, 2.45) is 0 Å². The summed E-state index contributed by atoms with van der Waals surface area (Å²) >= 11 is 0. The molecule has 11 heteroatoms. The van der Waals surface area contributed by atoms with Crippen LogP contribution in [0.25, 0.3) is 11.0 Å². The molecule has 0 spiro atoms. The monoisotopic (exact) mass is 546 g/mol. The van der Waals surface area contributed by atoms with E-state index < -0.39 is 33.7 Å². The highest BCUT2D eigenvalue weighted by Crippen LogP contribution is 2.34. The lowest BCUT2D eigenvalue weighted by molar-refractivity contribution is -0.143. The van der Waals surface area contributed by atoms with Crippen LogP contribution >= 0.6 is 10.0 Å². The van der Waals surface area contributed by atoms with Gasteiger partial charge >= 0.3 is 12.1 Å². The second kappa shape index (κ2) is 12.5. The van der Waals surface area contributed by atoms with Crippen molar-refractivity contribution in [1.82, 2.24) is 19.9 Å². The molecule has 3 rings (SSSR count). The highest BCUT2D eigenvalue weighted by atomic mass is 32.3. The molecular weight excluding hydrogens is 508 g/mol. The molecule has 0 fully saturated rings. The molecule has 208 valence electrons. The molecule has 3 aromatic rings. The number of hydrogen-bond acceptors (Lipinski definition) is 8. The maximum atomic E-state index is 12.2. The Kier molecular flexibility index (Phi) is 9.61. The van der Waals surface area contributed by atoms with Crippen LogP contribution in [0.2, 0.25) is 0 Å². The second-order valence-corrected chi connectivity index (χ2v) is 15.3. The fourth-order valence-corrected chi connectivity index (χ4v) is 4.06. The molecule has 1 amide bonds. The van der Waals surface area contributed by atoms with Crippen LogP contribution in [0, 0.1) is 0 Å². The van der Waals surface area contributed by atoms with Crippen LogP contribution in [0.3, 0.4) is 0 Å². The first kappa shape index (κ1) is 29.2. The quantitative estimate of drug-likeness (QED) is 0.276. The molecule has 0 aromatic carbocycles. The van der Waals surface area contributed by atoms with E-state index in [-0.39, 0.29) is 6.42 Å². The number of carbonyl (C=O) groups is 2. The minimum absolute atomic E-state index is 0.130. The van der Waals surface area contributed by atoms with E-state index >= 15 is 0 Å². The van der Waals surface area contributed by atoms with E-state index in [1.165, 1.54) is 7.11 Å². The van der Waals surface area contributed by atoms with Gasteiger partial charge in [0.1, 0.15) is 35.5 Å². The SMILES string of the molecule is COC(=O)[C@H](Cc1ccc(Oc2ccnc3c2ccn3COCCS(C)(C)C)cn1)NC(=O)OC(C)(C)C. The summed E-state index contributed by atoms with van der Waals surface area (Å²) in [4.78, 5) is 33.3. The van der Waals surface area contributed by atoms with Crippen LogP contribution in [0.15, 0.2) is 42.9 Å². The number of hydrogen-bond donors (Lipinski definition) is 1. The number of fused-ring (bicyclic) bond motifs is 1. The zero-order chi connectivity index (χ0) is 27.9. The van der Waals surface area contributed by atoms with Gasteiger partial charge < -0.3 is 28.8 Å². The molecule has 3 aromatic heterocycles. The van der Waals surface area contributed by atoms with Gasteiger partial charge in [-0.2, -0.15) is 0 Å². The molecule has 1 atom stereocenters. The summed E-state index contributed by atoms with van der Waals surface area (Å²) in [6, 6.07) is 6.28. The largest absolute Gasteiger partial charge is 0.467 e. The van der Waals surface area contributed by atoms with Gasteiger partial charge in [0.2, 0.25) is 0 Å². The Bertz CT molecular complexity index is 1230. The highest BCUT2D eigenvalue weighted by Gasteiger charge is 2.25. The lowest BCUT2D eigenvalue weighted by Gasteiger charge is -2.24. The number of nitrogens with zero attached hydrogens (tertiary/aromatic N) is 3. The molecule has 0 saturated carbocycles. The van der Waals surface area contributed by atoms with Gasteiger partial charge in [-0.05, 0) is 63.8 Å². The Morgan fingerprint density at radius 2 is 1.87 bits per heavy atom. The Hall–Kier alpha value is -3.31. The second-order valence-electron chi connectivity index (χ2n) is 10.7. The maximum absolute atomic E-state index is 12.2. The molecule has 3 heterocycles.